The van der Waals surface area contributed by atoms with Crippen LogP contribution in [0.2, 0.25) is 0 Å². The molecule has 1 aromatic heterocycles. The van der Waals surface area contributed by atoms with Gasteiger partial charge >= 0.3 is 0 Å². The number of benzene rings is 2. The summed E-state index contributed by atoms with van der Waals surface area (Å²) in [7, 11) is 0. The molecule has 2 heterocycles. The molecule has 0 saturated heterocycles. The predicted octanol–water partition coefficient (Wildman–Crippen LogP) is 6.17. The summed E-state index contributed by atoms with van der Waals surface area (Å²) in [5.74, 6) is 0.285. The highest BCUT2D eigenvalue weighted by atomic mass is 16.5. The number of hydrogen-bond acceptors (Lipinski definition) is 5. The maximum Gasteiger partial charge on any atom is 0.294 e. The van der Waals surface area contributed by atoms with E-state index >= 15 is 0 Å². The van der Waals surface area contributed by atoms with E-state index in [9.17, 15) is 14.7 Å². The lowest BCUT2D eigenvalue weighted by molar-refractivity contribution is -0.119. The summed E-state index contributed by atoms with van der Waals surface area (Å²) < 4.78 is 11.7. The van der Waals surface area contributed by atoms with E-state index in [4.69, 9.17) is 9.15 Å². The molecule has 3 aromatic rings. The largest absolute Gasteiger partial charge is 0.503 e. The minimum Gasteiger partial charge on any atom is -0.503 e. The van der Waals surface area contributed by atoms with Gasteiger partial charge in [-0.3, -0.25) is 14.5 Å². The van der Waals surface area contributed by atoms with Crippen LogP contribution in [0.1, 0.15) is 45.1 Å². The molecule has 1 aliphatic rings. The van der Waals surface area contributed by atoms with Crippen molar-refractivity contribution in [3.8, 4) is 17.1 Å². The molecule has 0 aliphatic carbocycles. The van der Waals surface area contributed by atoms with Crippen LogP contribution in [-0.4, -0.2) is 22.9 Å². The molecule has 2 aromatic carbocycles. The number of hydrogen-bond donors (Lipinski definition) is 1. The Hall–Kier alpha value is -3.80. The molecule has 4 rings (SSSR count). The number of aliphatic hydroxyl groups is 1. The molecule has 0 radical (unpaired) electrons. The number of furan rings is 1. The first-order valence-corrected chi connectivity index (χ1v) is 11.4. The van der Waals surface area contributed by atoms with Crippen molar-refractivity contribution < 1.29 is 23.8 Å². The van der Waals surface area contributed by atoms with Crippen molar-refractivity contribution in [1.82, 2.24) is 0 Å². The van der Waals surface area contributed by atoms with Crippen molar-refractivity contribution in [3.05, 3.63) is 83.3 Å². The normalized spacial score (nSPS) is 16.1. The number of ether oxygens (including phenoxy) is 1. The number of Topliss-reactive ketones (excluding diaryl/α,β-unsaturated/α-hetero) is 1. The summed E-state index contributed by atoms with van der Waals surface area (Å²) >= 11 is 0. The Balaban J connectivity index is 1.83. The fourth-order valence-corrected chi connectivity index (χ4v) is 4.17. The molecule has 1 N–H and O–H groups in total. The average molecular weight is 460 g/mol. The van der Waals surface area contributed by atoms with Crippen LogP contribution in [0.3, 0.4) is 0 Å². The topological polar surface area (TPSA) is 80.0 Å². The predicted molar refractivity (Wildman–Crippen MR) is 131 cm³/mol. The SMILES string of the molecule is Cc1ccc(-c2ccc(N3C(=O)C(O)=C(C(=O)C(C)C)C3c3ccccc3OC(C)C)cc2)o1. The highest BCUT2D eigenvalue weighted by Crippen LogP contribution is 2.45. The second kappa shape index (κ2) is 9.21. The molecule has 1 amide bonds. The summed E-state index contributed by atoms with van der Waals surface area (Å²) in [6.45, 7) is 9.21. The summed E-state index contributed by atoms with van der Waals surface area (Å²) in [5, 5.41) is 10.9. The Morgan fingerprint density at radius 1 is 1.00 bits per heavy atom. The van der Waals surface area contributed by atoms with Crippen LogP contribution in [0, 0.1) is 12.8 Å². The minimum absolute atomic E-state index is 0.0885. The number of aryl methyl sites for hydroxylation is 1. The van der Waals surface area contributed by atoms with Gasteiger partial charge in [0.2, 0.25) is 0 Å². The van der Waals surface area contributed by atoms with E-state index in [0.717, 1.165) is 17.1 Å². The Morgan fingerprint density at radius 2 is 1.68 bits per heavy atom. The number of rotatable bonds is 7. The standard InChI is InChI=1S/C28H29NO5/c1-16(2)26(30)24-25(21-8-6-7-9-23(21)33-17(3)4)29(28(32)27(24)31)20-13-11-19(12-14-20)22-15-10-18(5)34-22/h6-17,25,31H,1-5H3. The van der Waals surface area contributed by atoms with Crippen LogP contribution < -0.4 is 9.64 Å². The van der Waals surface area contributed by atoms with Crippen LogP contribution in [0.4, 0.5) is 5.69 Å². The molecule has 1 aliphatic heterocycles. The third kappa shape index (κ3) is 4.23. The highest BCUT2D eigenvalue weighted by molar-refractivity contribution is 6.17. The van der Waals surface area contributed by atoms with E-state index in [1.807, 2.05) is 69.3 Å². The second-order valence-corrected chi connectivity index (χ2v) is 9.02. The van der Waals surface area contributed by atoms with E-state index in [2.05, 4.69) is 0 Å². The van der Waals surface area contributed by atoms with Crippen molar-refractivity contribution in [2.24, 2.45) is 5.92 Å². The number of amides is 1. The molecule has 0 saturated carbocycles. The fourth-order valence-electron chi connectivity index (χ4n) is 4.17. The molecule has 6 nitrogen and oxygen atoms in total. The average Bonchev–Trinajstić information content (AvgIpc) is 3.34. The van der Waals surface area contributed by atoms with Crippen LogP contribution in [0.15, 0.2) is 76.4 Å². The van der Waals surface area contributed by atoms with Crippen molar-refractivity contribution >= 4 is 17.4 Å². The first-order valence-electron chi connectivity index (χ1n) is 11.4. The summed E-state index contributed by atoms with van der Waals surface area (Å²) in [6, 6.07) is 17.6. The molecule has 1 unspecified atom stereocenters. The molecule has 34 heavy (non-hydrogen) atoms. The molecule has 0 bridgehead atoms. The Kier molecular flexibility index (Phi) is 6.33. The molecule has 6 heteroatoms. The smallest absolute Gasteiger partial charge is 0.294 e. The highest BCUT2D eigenvalue weighted by Gasteiger charge is 2.45. The number of ketones is 1. The Morgan fingerprint density at radius 3 is 2.26 bits per heavy atom. The zero-order valence-electron chi connectivity index (χ0n) is 20.0. The number of anilines is 1. The van der Waals surface area contributed by atoms with Crippen molar-refractivity contribution in [3.63, 3.8) is 0 Å². The van der Waals surface area contributed by atoms with Gasteiger partial charge in [0.25, 0.3) is 5.91 Å². The molecule has 176 valence electrons. The maximum absolute atomic E-state index is 13.3. The van der Waals surface area contributed by atoms with Gasteiger partial charge in [0.1, 0.15) is 17.3 Å². The van der Waals surface area contributed by atoms with Gasteiger partial charge in [0.05, 0.1) is 17.7 Å². The first kappa shape index (κ1) is 23.4. The van der Waals surface area contributed by atoms with Gasteiger partial charge in [0.15, 0.2) is 11.5 Å². The van der Waals surface area contributed by atoms with Crippen LogP contribution >= 0.6 is 0 Å². The summed E-state index contributed by atoms with van der Waals surface area (Å²) in [4.78, 5) is 28.0. The molecular formula is C28H29NO5. The van der Waals surface area contributed by atoms with E-state index in [-0.39, 0.29) is 17.5 Å². The number of carbonyl (C=O) groups excluding carboxylic acids is 2. The number of carbonyl (C=O) groups is 2. The van der Waals surface area contributed by atoms with E-state index < -0.39 is 23.6 Å². The number of para-hydroxylation sites is 1. The van der Waals surface area contributed by atoms with Gasteiger partial charge in [-0.25, -0.2) is 0 Å². The zero-order chi connectivity index (χ0) is 24.6. The maximum atomic E-state index is 13.3. The van der Waals surface area contributed by atoms with E-state index in [0.29, 0.717) is 17.0 Å². The molecule has 0 spiro atoms. The Bertz CT molecular complexity index is 1250. The van der Waals surface area contributed by atoms with Gasteiger partial charge in [-0.2, -0.15) is 0 Å². The Labute approximate surface area is 199 Å². The zero-order valence-corrected chi connectivity index (χ0v) is 20.0. The van der Waals surface area contributed by atoms with Gasteiger partial charge in [-0.05, 0) is 63.2 Å². The minimum atomic E-state index is -0.811. The van der Waals surface area contributed by atoms with Gasteiger partial charge in [-0.1, -0.05) is 32.0 Å². The number of nitrogens with zero attached hydrogens (tertiary/aromatic N) is 1. The van der Waals surface area contributed by atoms with E-state index in [1.54, 1.807) is 26.0 Å². The van der Waals surface area contributed by atoms with Crippen LogP contribution in [0.25, 0.3) is 11.3 Å². The van der Waals surface area contributed by atoms with Crippen LogP contribution in [0.5, 0.6) is 5.75 Å². The summed E-state index contributed by atoms with van der Waals surface area (Å²) in [5.41, 5.74) is 2.15. The van der Waals surface area contributed by atoms with Crippen molar-refractivity contribution in [2.75, 3.05) is 4.90 Å². The first-order chi connectivity index (χ1) is 16.2. The molecule has 0 fully saturated rings. The quantitative estimate of drug-likeness (QED) is 0.457. The van der Waals surface area contributed by atoms with Crippen LogP contribution in [-0.2, 0) is 9.59 Å². The third-order valence-corrected chi connectivity index (χ3v) is 5.74. The van der Waals surface area contributed by atoms with Crippen molar-refractivity contribution in [2.45, 2.75) is 46.8 Å². The number of aliphatic hydroxyl groups excluding tert-OH is 1. The van der Waals surface area contributed by atoms with E-state index in [1.165, 1.54) is 4.90 Å². The van der Waals surface area contributed by atoms with Gasteiger partial charge in [-0.15, -0.1) is 0 Å². The van der Waals surface area contributed by atoms with Gasteiger partial charge < -0.3 is 14.3 Å². The third-order valence-electron chi connectivity index (χ3n) is 5.74. The monoisotopic (exact) mass is 459 g/mol. The van der Waals surface area contributed by atoms with Crippen molar-refractivity contribution in [1.29, 1.82) is 0 Å². The fraction of sp³-hybridized carbons (Fsp3) is 0.286. The second-order valence-electron chi connectivity index (χ2n) is 9.02. The lowest BCUT2D eigenvalue weighted by Crippen LogP contribution is -2.32. The summed E-state index contributed by atoms with van der Waals surface area (Å²) in [6.07, 6.45) is -0.107. The molecule has 1 atom stereocenters. The molecular weight excluding hydrogens is 430 g/mol. The lowest BCUT2D eigenvalue weighted by Gasteiger charge is -2.29. The lowest BCUT2D eigenvalue weighted by atomic mass is 9.90. The van der Waals surface area contributed by atoms with Gasteiger partial charge in [0, 0.05) is 22.7 Å².